The van der Waals surface area contributed by atoms with E-state index in [9.17, 15) is 4.39 Å². The molecule has 25 heavy (non-hydrogen) atoms. The predicted molar refractivity (Wildman–Crippen MR) is 96.9 cm³/mol. The summed E-state index contributed by atoms with van der Waals surface area (Å²) in [5, 5.41) is 9.10. The molecule has 126 valence electrons. The van der Waals surface area contributed by atoms with E-state index >= 15 is 0 Å². The van der Waals surface area contributed by atoms with Crippen LogP contribution in [0.5, 0.6) is 0 Å². The zero-order valence-corrected chi connectivity index (χ0v) is 14.7. The number of fused-ring (bicyclic) bond motifs is 1. The summed E-state index contributed by atoms with van der Waals surface area (Å²) < 4.78 is 18.8. The highest BCUT2D eigenvalue weighted by Gasteiger charge is 2.21. The molecular weight excluding hydrogens is 339 g/mol. The minimum atomic E-state index is -0.315. The van der Waals surface area contributed by atoms with E-state index in [1.54, 1.807) is 12.1 Å². The number of anilines is 1. The van der Waals surface area contributed by atoms with Gasteiger partial charge < -0.3 is 10.2 Å². The van der Waals surface area contributed by atoms with Crippen LogP contribution in [0.3, 0.4) is 0 Å². The molecule has 0 aliphatic heterocycles. The van der Waals surface area contributed by atoms with Crippen molar-refractivity contribution in [3.63, 3.8) is 0 Å². The van der Waals surface area contributed by atoms with Crippen molar-refractivity contribution in [1.82, 2.24) is 15.2 Å². The Kier molecular flexibility index (Phi) is 3.54. The van der Waals surface area contributed by atoms with Crippen LogP contribution in [0, 0.1) is 26.6 Å². The summed E-state index contributed by atoms with van der Waals surface area (Å²) >= 11 is 1.43. The van der Waals surface area contributed by atoms with Crippen LogP contribution in [0.15, 0.2) is 28.7 Å². The number of benzene rings is 1. The van der Waals surface area contributed by atoms with Crippen molar-refractivity contribution in [2.75, 3.05) is 5.73 Å². The summed E-state index contributed by atoms with van der Waals surface area (Å²) in [6.45, 7) is 6.06. The lowest BCUT2D eigenvalue weighted by atomic mass is 10.1. The zero-order chi connectivity index (χ0) is 17.7. The summed E-state index contributed by atoms with van der Waals surface area (Å²) in [6, 6.07) is 5.90. The fourth-order valence-corrected chi connectivity index (χ4v) is 3.87. The largest absolute Gasteiger partial charge is 0.415 e. The molecule has 0 amide bonds. The monoisotopic (exact) mass is 354 g/mol. The van der Waals surface area contributed by atoms with Crippen molar-refractivity contribution < 1.29 is 8.81 Å². The van der Waals surface area contributed by atoms with Crippen LogP contribution < -0.4 is 5.73 Å². The van der Waals surface area contributed by atoms with E-state index < -0.39 is 0 Å². The first-order valence-corrected chi connectivity index (χ1v) is 8.53. The van der Waals surface area contributed by atoms with E-state index in [1.165, 1.54) is 23.5 Å². The van der Waals surface area contributed by atoms with Gasteiger partial charge in [0.1, 0.15) is 15.5 Å². The van der Waals surface area contributed by atoms with Crippen molar-refractivity contribution in [1.29, 1.82) is 0 Å². The van der Waals surface area contributed by atoms with Crippen molar-refractivity contribution in [2.24, 2.45) is 0 Å². The first-order valence-electron chi connectivity index (χ1n) is 7.71. The third-order valence-electron chi connectivity index (χ3n) is 4.39. The Labute approximate surface area is 147 Å². The van der Waals surface area contributed by atoms with Crippen LogP contribution >= 0.6 is 11.3 Å². The average Bonchev–Trinajstić information content (AvgIpc) is 3.18. The summed E-state index contributed by atoms with van der Waals surface area (Å²) in [7, 11) is 0. The molecule has 2 N–H and O–H groups in total. The lowest BCUT2D eigenvalue weighted by Gasteiger charge is -2.05. The molecule has 0 aliphatic carbocycles. The van der Waals surface area contributed by atoms with Gasteiger partial charge in [-0.2, -0.15) is 0 Å². The molecule has 4 rings (SSSR count). The van der Waals surface area contributed by atoms with Crippen molar-refractivity contribution in [3.8, 4) is 22.2 Å². The third kappa shape index (κ3) is 2.47. The highest BCUT2D eigenvalue weighted by Crippen LogP contribution is 2.42. The van der Waals surface area contributed by atoms with Crippen molar-refractivity contribution in [3.05, 3.63) is 46.9 Å². The summed E-state index contributed by atoms with van der Waals surface area (Å²) in [5.41, 5.74) is 10.8. The average molecular weight is 354 g/mol. The predicted octanol–water partition coefficient (Wildman–Crippen LogP) is 4.66. The summed E-state index contributed by atoms with van der Waals surface area (Å²) in [5.74, 6) is 0.350. The van der Waals surface area contributed by atoms with Gasteiger partial charge in [-0.25, -0.2) is 9.37 Å². The van der Waals surface area contributed by atoms with Gasteiger partial charge in [-0.3, -0.25) is 0 Å². The number of aromatic nitrogens is 3. The van der Waals surface area contributed by atoms with Crippen LogP contribution in [0.25, 0.3) is 32.4 Å². The zero-order valence-electron chi connectivity index (χ0n) is 13.9. The van der Waals surface area contributed by atoms with E-state index in [4.69, 9.17) is 10.2 Å². The maximum Gasteiger partial charge on any atom is 0.260 e. The first-order chi connectivity index (χ1) is 12.0. The number of nitrogens with two attached hydrogens (primary N) is 1. The normalized spacial score (nSPS) is 11.4. The number of rotatable bonds is 2. The Hall–Kier alpha value is -2.80. The molecule has 0 fully saturated rings. The van der Waals surface area contributed by atoms with Gasteiger partial charge in [0.15, 0.2) is 0 Å². The van der Waals surface area contributed by atoms with Gasteiger partial charge in [0.05, 0.1) is 5.69 Å². The third-order valence-corrected chi connectivity index (χ3v) is 5.47. The number of pyridine rings is 1. The number of halogens is 1. The van der Waals surface area contributed by atoms with Gasteiger partial charge in [0.25, 0.3) is 5.89 Å². The summed E-state index contributed by atoms with van der Waals surface area (Å²) in [4.78, 5) is 6.19. The Morgan fingerprint density at radius 3 is 2.40 bits per heavy atom. The van der Waals surface area contributed by atoms with Gasteiger partial charge in [0, 0.05) is 16.6 Å². The molecule has 5 nitrogen and oxygen atoms in total. The number of nitrogen functional groups attached to an aromatic ring is 1. The van der Waals surface area contributed by atoms with Crippen LogP contribution in [0.1, 0.15) is 16.8 Å². The standard InChI is InChI=1S/C18H15FN4OS/c1-8-9(2)13-14(20)15(25-18(13)21-10(8)3)17-23-22-16(24-17)11-4-6-12(19)7-5-11/h4-7H,20H2,1-3H3. The lowest BCUT2D eigenvalue weighted by molar-refractivity contribution is 0.585. The second-order valence-electron chi connectivity index (χ2n) is 5.89. The van der Waals surface area contributed by atoms with Crippen molar-refractivity contribution in [2.45, 2.75) is 20.8 Å². The number of hydrogen-bond donors (Lipinski definition) is 1. The molecule has 1 aromatic carbocycles. The molecule has 0 saturated heterocycles. The van der Waals surface area contributed by atoms with Gasteiger partial charge in [-0.05, 0) is 56.2 Å². The van der Waals surface area contributed by atoms with Crippen LogP contribution in [0.4, 0.5) is 10.1 Å². The van der Waals surface area contributed by atoms with Crippen LogP contribution in [0.2, 0.25) is 0 Å². The molecule has 0 spiro atoms. The maximum absolute atomic E-state index is 13.1. The van der Waals surface area contributed by atoms with E-state index in [2.05, 4.69) is 15.2 Å². The Balaban J connectivity index is 1.84. The number of thiophene rings is 1. The Morgan fingerprint density at radius 2 is 1.68 bits per heavy atom. The highest BCUT2D eigenvalue weighted by molar-refractivity contribution is 7.22. The van der Waals surface area contributed by atoms with Gasteiger partial charge >= 0.3 is 0 Å². The molecule has 0 atom stereocenters. The minimum Gasteiger partial charge on any atom is -0.415 e. The van der Waals surface area contributed by atoms with Gasteiger partial charge in [-0.15, -0.1) is 21.5 Å². The summed E-state index contributed by atoms with van der Waals surface area (Å²) in [6.07, 6.45) is 0. The van der Waals surface area contributed by atoms with Gasteiger partial charge in [-0.1, -0.05) is 0 Å². The number of hydrogen-bond acceptors (Lipinski definition) is 6. The smallest absolute Gasteiger partial charge is 0.260 e. The first kappa shape index (κ1) is 15.7. The molecule has 3 aromatic heterocycles. The maximum atomic E-state index is 13.1. The number of aryl methyl sites for hydroxylation is 2. The number of nitrogens with zero attached hydrogens (tertiary/aromatic N) is 3. The SMILES string of the molecule is Cc1nc2sc(-c3nnc(-c4ccc(F)cc4)o3)c(N)c2c(C)c1C. The van der Waals surface area contributed by atoms with Crippen LogP contribution in [-0.4, -0.2) is 15.2 Å². The molecule has 0 bridgehead atoms. The molecule has 0 aliphatic rings. The highest BCUT2D eigenvalue weighted by atomic mass is 32.1. The Bertz CT molecular complexity index is 1100. The second kappa shape index (κ2) is 5.63. The fourth-order valence-electron chi connectivity index (χ4n) is 2.75. The van der Waals surface area contributed by atoms with Gasteiger partial charge in [0.2, 0.25) is 5.89 Å². The molecular formula is C18H15FN4OS. The van der Waals surface area contributed by atoms with E-state index in [0.717, 1.165) is 27.0 Å². The van der Waals surface area contributed by atoms with Crippen molar-refractivity contribution >= 4 is 27.2 Å². The molecule has 0 saturated carbocycles. The quantitative estimate of drug-likeness (QED) is 0.566. The van der Waals surface area contributed by atoms with E-state index in [1.807, 2.05) is 20.8 Å². The fraction of sp³-hybridized carbons (Fsp3) is 0.167. The second-order valence-corrected chi connectivity index (χ2v) is 6.89. The minimum absolute atomic E-state index is 0.315. The lowest BCUT2D eigenvalue weighted by Crippen LogP contribution is -1.93. The van der Waals surface area contributed by atoms with E-state index in [-0.39, 0.29) is 5.82 Å². The van der Waals surface area contributed by atoms with E-state index in [0.29, 0.717) is 27.9 Å². The topological polar surface area (TPSA) is 77.8 Å². The Morgan fingerprint density at radius 1 is 1.00 bits per heavy atom. The van der Waals surface area contributed by atoms with Crippen LogP contribution in [-0.2, 0) is 0 Å². The molecule has 0 radical (unpaired) electrons. The molecule has 3 heterocycles. The molecule has 7 heteroatoms. The molecule has 4 aromatic rings. The molecule has 0 unspecified atom stereocenters.